The van der Waals surface area contributed by atoms with Gasteiger partial charge in [0.2, 0.25) is 0 Å². The minimum absolute atomic E-state index is 0.115. The molecule has 6 rings (SSSR count). The quantitative estimate of drug-likeness (QED) is 0.568. The van der Waals surface area contributed by atoms with Crippen molar-refractivity contribution in [2.24, 2.45) is 5.92 Å². The van der Waals surface area contributed by atoms with Crippen LogP contribution in [0.2, 0.25) is 0 Å². The molecule has 3 heteroatoms. The third-order valence-electron chi connectivity index (χ3n) is 7.84. The van der Waals surface area contributed by atoms with E-state index in [1.54, 1.807) is 5.57 Å². The number of carbonyl (C=O) groups excluding carboxylic acids is 1. The molecule has 2 atom stereocenters. The summed E-state index contributed by atoms with van der Waals surface area (Å²) in [7, 11) is 0. The van der Waals surface area contributed by atoms with Gasteiger partial charge in [0.15, 0.2) is 0 Å². The summed E-state index contributed by atoms with van der Waals surface area (Å²) in [5, 5.41) is 0. The van der Waals surface area contributed by atoms with Crippen molar-refractivity contribution in [3.05, 3.63) is 71.3 Å². The third-order valence-corrected chi connectivity index (χ3v) is 7.84. The topological polar surface area (TPSA) is 29.5 Å². The number of benzene rings is 2. The Morgan fingerprint density at radius 3 is 2.20 bits per heavy atom. The first-order chi connectivity index (χ1) is 14.8. The molecule has 2 bridgehead atoms. The number of nitrogens with zero attached hydrogens (tertiary/aromatic N) is 1. The first kappa shape index (κ1) is 18.2. The van der Waals surface area contributed by atoms with Gasteiger partial charge < -0.3 is 4.74 Å². The highest BCUT2D eigenvalue weighted by atomic mass is 16.6. The maximum Gasteiger partial charge on any atom is 0.410 e. The SMILES string of the molecule is O=C(OCC1c2ccccc2-c2ccccc21)N1C2C=C(C3CCC3)CC1CCC2. The number of hydrogen-bond acceptors (Lipinski definition) is 2. The van der Waals surface area contributed by atoms with E-state index in [1.165, 1.54) is 47.9 Å². The van der Waals surface area contributed by atoms with Gasteiger partial charge in [-0.1, -0.05) is 66.6 Å². The van der Waals surface area contributed by atoms with Crippen molar-refractivity contribution in [1.82, 2.24) is 4.90 Å². The van der Waals surface area contributed by atoms with Gasteiger partial charge in [0.25, 0.3) is 0 Å². The summed E-state index contributed by atoms with van der Waals surface area (Å²) in [6.45, 7) is 0.419. The number of ether oxygens (including phenoxy) is 1. The summed E-state index contributed by atoms with van der Waals surface area (Å²) in [6.07, 6.45) is 10.8. The largest absolute Gasteiger partial charge is 0.448 e. The highest BCUT2D eigenvalue weighted by molar-refractivity contribution is 5.79. The predicted molar refractivity (Wildman–Crippen MR) is 118 cm³/mol. The van der Waals surface area contributed by atoms with Gasteiger partial charge in [-0.05, 0) is 66.7 Å². The van der Waals surface area contributed by atoms with E-state index >= 15 is 0 Å². The first-order valence-corrected chi connectivity index (χ1v) is 11.6. The van der Waals surface area contributed by atoms with Crippen molar-refractivity contribution < 1.29 is 9.53 Å². The van der Waals surface area contributed by atoms with Gasteiger partial charge in [0, 0.05) is 12.0 Å². The summed E-state index contributed by atoms with van der Waals surface area (Å²) in [5.41, 5.74) is 6.72. The molecule has 2 aromatic carbocycles. The van der Waals surface area contributed by atoms with Crippen LogP contribution < -0.4 is 0 Å². The van der Waals surface area contributed by atoms with Crippen LogP contribution in [0.1, 0.15) is 62.0 Å². The molecule has 2 heterocycles. The lowest BCUT2D eigenvalue weighted by molar-refractivity contribution is 0.0488. The zero-order valence-corrected chi connectivity index (χ0v) is 17.4. The molecule has 2 aliphatic heterocycles. The minimum atomic E-state index is -0.115. The van der Waals surface area contributed by atoms with Gasteiger partial charge in [-0.15, -0.1) is 0 Å². The molecule has 30 heavy (non-hydrogen) atoms. The molecule has 0 aromatic heterocycles. The molecule has 154 valence electrons. The molecule has 0 spiro atoms. The highest BCUT2D eigenvalue weighted by Crippen LogP contribution is 2.45. The maximum atomic E-state index is 13.2. The Morgan fingerprint density at radius 2 is 1.57 bits per heavy atom. The van der Waals surface area contributed by atoms with Gasteiger partial charge >= 0.3 is 6.09 Å². The molecule has 2 aromatic rings. The summed E-state index contributed by atoms with van der Waals surface area (Å²) in [4.78, 5) is 15.3. The van der Waals surface area contributed by atoms with Gasteiger partial charge in [0.1, 0.15) is 6.61 Å². The van der Waals surface area contributed by atoms with E-state index in [9.17, 15) is 4.79 Å². The monoisotopic (exact) mass is 399 g/mol. The van der Waals surface area contributed by atoms with Crippen LogP contribution in [0.25, 0.3) is 11.1 Å². The Bertz CT molecular complexity index is 960. The molecule has 2 fully saturated rings. The molecule has 1 amide bonds. The van der Waals surface area contributed by atoms with Gasteiger partial charge in [0.05, 0.1) is 6.04 Å². The van der Waals surface area contributed by atoms with E-state index in [0.29, 0.717) is 12.6 Å². The molecule has 1 saturated heterocycles. The molecule has 0 radical (unpaired) electrons. The Morgan fingerprint density at radius 1 is 0.900 bits per heavy atom. The summed E-state index contributed by atoms with van der Waals surface area (Å²) in [6, 6.07) is 17.6. The van der Waals surface area contributed by atoms with Gasteiger partial charge in [-0.3, -0.25) is 4.90 Å². The molecule has 0 N–H and O–H groups in total. The maximum absolute atomic E-state index is 13.2. The van der Waals surface area contributed by atoms with Crippen LogP contribution in [0, 0.1) is 5.92 Å². The number of carbonyl (C=O) groups is 1. The molecule has 2 unspecified atom stereocenters. The molecule has 2 aliphatic carbocycles. The van der Waals surface area contributed by atoms with Crippen LogP contribution in [0.3, 0.4) is 0 Å². The van der Waals surface area contributed by atoms with Gasteiger partial charge in [-0.2, -0.15) is 0 Å². The van der Waals surface area contributed by atoms with Crippen LogP contribution in [0.5, 0.6) is 0 Å². The number of amides is 1. The van der Waals surface area contributed by atoms with Crippen molar-refractivity contribution in [3.8, 4) is 11.1 Å². The normalized spacial score (nSPS) is 25.2. The Kier molecular flexibility index (Phi) is 4.44. The summed E-state index contributed by atoms with van der Waals surface area (Å²) in [5.74, 6) is 0.921. The molecule has 4 aliphatic rings. The fourth-order valence-corrected chi connectivity index (χ4v) is 6.10. The minimum Gasteiger partial charge on any atom is -0.448 e. The summed E-state index contributed by atoms with van der Waals surface area (Å²) < 4.78 is 6.01. The van der Waals surface area contributed by atoms with Crippen molar-refractivity contribution in [2.75, 3.05) is 6.61 Å². The van der Waals surface area contributed by atoms with Crippen LogP contribution >= 0.6 is 0 Å². The lowest BCUT2D eigenvalue weighted by Gasteiger charge is -2.46. The Balaban J connectivity index is 1.21. The Hall–Kier alpha value is -2.55. The Labute approximate surface area is 178 Å². The molecular weight excluding hydrogens is 370 g/mol. The molecule has 1 saturated carbocycles. The van der Waals surface area contributed by atoms with E-state index < -0.39 is 0 Å². The van der Waals surface area contributed by atoms with Crippen molar-refractivity contribution in [1.29, 1.82) is 0 Å². The van der Waals surface area contributed by atoms with E-state index in [2.05, 4.69) is 59.5 Å². The molecule has 3 nitrogen and oxygen atoms in total. The third kappa shape index (κ3) is 2.90. The fraction of sp³-hybridized carbons (Fsp3) is 0.444. The van der Waals surface area contributed by atoms with Crippen molar-refractivity contribution in [2.45, 2.75) is 62.9 Å². The van der Waals surface area contributed by atoms with Crippen LogP contribution in [-0.2, 0) is 4.74 Å². The zero-order chi connectivity index (χ0) is 20.1. The lowest BCUT2D eigenvalue weighted by Crippen LogP contribution is -2.52. The smallest absolute Gasteiger partial charge is 0.410 e. The van der Waals surface area contributed by atoms with Crippen LogP contribution in [-0.4, -0.2) is 29.7 Å². The van der Waals surface area contributed by atoms with E-state index in [-0.39, 0.29) is 18.1 Å². The zero-order valence-electron chi connectivity index (χ0n) is 17.4. The van der Waals surface area contributed by atoms with E-state index in [1.807, 2.05) is 0 Å². The predicted octanol–water partition coefficient (Wildman–Crippen LogP) is 6.29. The highest BCUT2D eigenvalue weighted by Gasteiger charge is 2.40. The second kappa shape index (κ2) is 7.30. The van der Waals surface area contributed by atoms with Crippen molar-refractivity contribution in [3.63, 3.8) is 0 Å². The lowest BCUT2D eigenvalue weighted by atomic mass is 9.73. The van der Waals surface area contributed by atoms with E-state index in [0.717, 1.165) is 25.2 Å². The number of hydrogen-bond donors (Lipinski definition) is 0. The van der Waals surface area contributed by atoms with Crippen LogP contribution in [0.4, 0.5) is 4.79 Å². The standard InChI is InChI=1S/C27H29NO2/c29-27(28-20-9-6-10-21(28)16-19(15-20)18-7-5-8-18)30-17-26-24-13-3-1-11-22(24)23-12-2-4-14-25(23)26/h1-4,11-15,18,20-21,26H,5-10,16-17H2. The average molecular weight is 400 g/mol. The number of rotatable bonds is 3. The van der Waals surface area contributed by atoms with Crippen molar-refractivity contribution >= 4 is 6.09 Å². The number of fused-ring (bicyclic) bond motifs is 5. The summed E-state index contributed by atoms with van der Waals surface area (Å²) >= 11 is 0. The number of piperidine rings is 1. The fourth-order valence-electron chi connectivity index (χ4n) is 6.10. The average Bonchev–Trinajstić information content (AvgIpc) is 3.04. The van der Waals surface area contributed by atoms with Gasteiger partial charge in [-0.25, -0.2) is 4.79 Å². The molecular formula is C27H29NO2. The second-order valence-electron chi connectivity index (χ2n) is 9.44. The second-order valence-corrected chi connectivity index (χ2v) is 9.44. The first-order valence-electron chi connectivity index (χ1n) is 11.6. The van der Waals surface area contributed by atoms with E-state index in [4.69, 9.17) is 4.74 Å². The van der Waals surface area contributed by atoms with Crippen LogP contribution in [0.15, 0.2) is 60.2 Å².